The molecule has 3 heterocycles. The molecule has 20 aromatic carbocycles. The number of para-hydroxylation sites is 3. The molecule has 574 valence electrons. The molecule has 0 N–H and O–H groups in total. The molecule has 1 unspecified atom stereocenters. The van der Waals surface area contributed by atoms with E-state index >= 15 is 0 Å². The number of aromatic nitrogens is 5. The Kier molecular flexibility index (Phi) is 15.3. The first kappa shape index (κ1) is 69.7. The molecule has 4 aliphatic rings. The van der Waals surface area contributed by atoms with Crippen molar-refractivity contribution in [1.29, 1.82) is 0 Å². The predicted molar refractivity (Wildman–Crippen MR) is 513 cm³/mol. The molecule has 2 spiro atoms. The van der Waals surface area contributed by atoms with E-state index in [0.29, 0.717) is 17.6 Å². The zero-order chi connectivity index (χ0) is 81.3. The van der Waals surface area contributed by atoms with Crippen LogP contribution >= 0.6 is 0 Å². The minimum atomic E-state index is -0.519. The van der Waals surface area contributed by atoms with Crippen LogP contribution in [0.5, 0.6) is 0 Å². The fraction of sp³-hybridized carbons (Fsp3) is 0.0168. The van der Waals surface area contributed by atoms with E-state index in [4.69, 9.17) is 15.0 Å². The molecule has 0 aliphatic heterocycles. The molecule has 0 saturated carbocycles. The van der Waals surface area contributed by atoms with Gasteiger partial charge in [-0.2, -0.15) is 9.97 Å². The molecule has 0 fully saturated rings. The highest BCUT2D eigenvalue weighted by atomic mass is 15.2. The van der Waals surface area contributed by atoms with Crippen LogP contribution < -0.4 is 0 Å². The summed E-state index contributed by atoms with van der Waals surface area (Å²) in [6.45, 7) is 0. The fourth-order valence-corrected chi connectivity index (χ4v) is 22.2. The molecule has 124 heavy (non-hydrogen) atoms. The highest BCUT2D eigenvalue weighted by Gasteiger charge is 2.54. The first-order chi connectivity index (χ1) is 61.5. The summed E-state index contributed by atoms with van der Waals surface area (Å²) < 4.78 is 4.73. The maximum Gasteiger partial charge on any atom is 0.238 e. The highest BCUT2D eigenvalue weighted by Crippen LogP contribution is 2.66. The van der Waals surface area contributed by atoms with Gasteiger partial charge in [0, 0.05) is 38.4 Å². The van der Waals surface area contributed by atoms with E-state index < -0.39 is 10.8 Å². The number of nitrogens with zero attached hydrogens (tertiary/aromatic N) is 5. The van der Waals surface area contributed by atoms with Crippen LogP contribution in [0.4, 0.5) is 0 Å². The van der Waals surface area contributed by atoms with Crippen LogP contribution in [-0.2, 0) is 10.8 Å². The number of fused-ring (bicyclic) bond motifs is 29. The van der Waals surface area contributed by atoms with E-state index in [1.807, 2.05) is 12.1 Å². The monoisotopic (exact) mass is 1570 g/mol. The van der Waals surface area contributed by atoms with Gasteiger partial charge in [0.05, 0.1) is 32.9 Å². The van der Waals surface area contributed by atoms with Gasteiger partial charge in [-0.3, -0.25) is 4.57 Å². The number of hydrogen-bond acceptors (Lipinski definition) is 3. The summed E-state index contributed by atoms with van der Waals surface area (Å²) in [5.74, 6) is 1.81. The Hall–Kier alpha value is -16.2. The zero-order valence-electron chi connectivity index (χ0n) is 67.4. The highest BCUT2D eigenvalue weighted by molar-refractivity contribution is 6.24. The third-order valence-electron chi connectivity index (χ3n) is 27.3. The topological polar surface area (TPSA) is 48.5 Å². The largest absolute Gasteiger partial charge is 0.309 e. The van der Waals surface area contributed by atoms with Crippen molar-refractivity contribution < 1.29 is 0 Å². The molecule has 0 saturated heterocycles. The number of hydrogen-bond donors (Lipinski definition) is 0. The van der Waals surface area contributed by atoms with Crippen molar-refractivity contribution in [3.63, 3.8) is 0 Å². The lowest BCUT2D eigenvalue weighted by atomic mass is 9.70. The lowest BCUT2D eigenvalue weighted by Gasteiger charge is -2.31. The second-order valence-corrected chi connectivity index (χ2v) is 33.4. The number of rotatable bonds is 8. The van der Waals surface area contributed by atoms with Crippen LogP contribution in [0.25, 0.3) is 199 Å². The van der Waals surface area contributed by atoms with Crippen LogP contribution in [0.2, 0.25) is 0 Å². The molecule has 5 heteroatoms. The Morgan fingerprint density at radius 3 is 0.976 bits per heavy atom. The Bertz CT molecular complexity index is 8200. The third kappa shape index (κ3) is 10.0. The lowest BCUT2D eigenvalue weighted by Crippen LogP contribution is -2.26. The Morgan fingerprint density at radius 2 is 0.492 bits per heavy atom. The summed E-state index contributed by atoms with van der Waals surface area (Å²) in [6, 6.07) is 163. The van der Waals surface area contributed by atoms with Crippen molar-refractivity contribution >= 4 is 75.9 Å². The van der Waals surface area contributed by atoms with Gasteiger partial charge in [-0.15, -0.1) is 0 Å². The smallest absolute Gasteiger partial charge is 0.238 e. The first-order valence-electron chi connectivity index (χ1n) is 42.9. The Balaban J connectivity index is 0.000000133. The van der Waals surface area contributed by atoms with E-state index in [-0.39, 0.29) is 0 Å². The maximum absolute atomic E-state index is 5.37. The van der Waals surface area contributed by atoms with Crippen molar-refractivity contribution in [1.82, 2.24) is 24.1 Å². The van der Waals surface area contributed by atoms with Crippen molar-refractivity contribution in [2.75, 3.05) is 0 Å². The molecule has 4 aliphatic carbocycles. The molecule has 1 atom stereocenters. The molecule has 23 aromatic rings. The van der Waals surface area contributed by atoms with Crippen molar-refractivity contribution in [3.05, 3.63) is 487 Å². The average molecular weight is 1570 g/mol. The normalized spacial score (nSPS) is 13.9. The summed E-state index contributed by atoms with van der Waals surface area (Å²) in [7, 11) is 0. The van der Waals surface area contributed by atoms with Gasteiger partial charge >= 0.3 is 0 Å². The molecule has 0 radical (unpaired) electrons. The fourth-order valence-electron chi connectivity index (χ4n) is 22.2. The third-order valence-corrected chi connectivity index (χ3v) is 27.3. The Labute approximate surface area is 716 Å². The molecule has 5 nitrogen and oxygen atoms in total. The zero-order valence-corrected chi connectivity index (χ0v) is 67.4. The summed E-state index contributed by atoms with van der Waals surface area (Å²) in [5, 5.41) is 12.4. The van der Waals surface area contributed by atoms with Crippen LogP contribution in [-0.4, -0.2) is 24.1 Å². The van der Waals surface area contributed by atoms with Gasteiger partial charge in [0.2, 0.25) is 5.95 Å². The quantitative estimate of drug-likeness (QED) is 0.142. The van der Waals surface area contributed by atoms with Crippen molar-refractivity contribution in [2.24, 2.45) is 0 Å². The van der Waals surface area contributed by atoms with Gasteiger partial charge in [0.1, 0.15) is 0 Å². The molecular formula is C119H73N5. The minimum Gasteiger partial charge on any atom is -0.309 e. The maximum atomic E-state index is 5.37. The van der Waals surface area contributed by atoms with Gasteiger partial charge < -0.3 is 4.57 Å². The summed E-state index contributed by atoms with van der Waals surface area (Å²) in [5.41, 5.74) is 37.2. The van der Waals surface area contributed by atoms with E-state index in [1.54, 1.807) is 0 Å². The predicted octanol–water partition coefficient (Wildman–Crippen LogP) is 29.9. The van der Waals surface area contributed by atoms with Crippen LogP contribution in [0, 0.1) is 0 Å². The van der Waals surface area contributed by atoms with Gasteiger partial charge in [0.25, 0.3) is 0 Å². The summed E-state index contributed by atoms with van der Waals surface area (Å²) in [6.07, 6.45) is 0. The van der Waals surface area contributed by atoms with Gasteiger partial charge in [-0.05, 0) is 220 Å². The van der Waals surface area contributed by atoms with Crippen LogP contribution in [0.1, 0.15) is 44.5 Å². The SMILES string of the molecule is c1ccc(-c2ccc(-c3nc(-c4ccc(-c5ccccc5)cc4)nc(-n4c5ccccc5c5cc6c(cc54)C4(c5ccccc5-c5ccccc54)c4ccccc4-6)n3)cc2)cc1.c1ccc(-n2c3ccccc3c3cc4c(cc32)C2(c3ccccc3-c3ccc(-c5c6ccccc6c(-c6cccc7ccccc67)c6ccccc56)cc32)c2ccccc2-4)cc1. The molecule has 27 rings (SSSR count). The minimum absolute atomic E-state index is 0.481. The van der Waals surface area contributed by atoms with Crippen LogP contribution in [0.15, 0.2) is 443 Å². The Morgan fingerprint density at radius 1 is 0.169 bits per heavy atom. The summed E-state index contributed by atoms with van der Waals surface area (Å²) >= 11 is 0. The average Bonchev–Trinajstić information content (AvgIpc) is 1.50. The second-order valence-electron chi connectivity index (χ2n) is 33.4. The van der Waals surface area contributed by atoms with Crippen molar-refractivity contribution in [3.8, 4) is 123 Å². The van der Waals surface area contributed by atoms with Crippen molar-refractivity contribution in [2.45, 2.75) is 10.8 Å². The summed E-state index contributed by atoms with van der Waals surface area (Å²) in [4.78, 5) is 16.0. The lowest BCUT2D eigenvalue weighted by molar-refractivity contribution is 0.794. The standard InChI is InChI=1S/C61H37N.C58H36N4/c1-2-19-40(20-3-1)62-57-32-15-12-24-45(57)52-36-51-43-23-11-14-31-54(43)61(56(51)37-58(52)62)53-30-13-10-22-42(53)44-34-33-39(35-55(44)61)59-47-25-6-8-27-49(47)60(50-28-9-7-26-48(50)59)46-29-16-18-38-17-4-5-21-41(38)46;1-3-15-37(16-4-1)39-27-31-41(32-28-39)55-59-56(42-33-29-40(30-34-42)38-17-5-2-6-18-38)61-57(60-55)62-53-26-14-10-22-46(53)48-35-47-45-21-9-13-25-51(45)58(52(47)36-54(48)62)49-23-11-7-19-43(49)44-20-8-12-24-50(44)58/h1-37H;1-36H. The van der Waals surface area contributed by atoms with Gasteiger partial charge in [0.15, 0.2) is 11.6 Å². The van der Waals surface area contributed by atoms with Gasteiger partial charge in [-0.1, -0.05) is 388 Å². The van der Waals surface area contributed by atoms with Crippen LogP contribution in [0.3, 0.4) is 0 Å². The first-order valence-corrected chi connectivity index (χ1v) is 42.9. The molecule has 0 bridgehead atoms. The van der Waals surface area contributed by atoms with E-state index in [2.05, 4.69) is 440 Å². The van der Waals surface area contributed by atoms with E-state index in [0.717, 1.165) is 44.1 Å². The molecule has 0 amide bonds. The number of benzene rings is 20. The second kappa shape index (κ2) is 27.2. The van der Waals surface area contributed by atoms with E-state index in [9.17, 15) is 0 Å². The molecular weight excluding hydrogens is 1500 g/mol. The van der Waals surface area contributed by atoms with Gasteiger partial charge in [-0.25, -0.2) is 4.98 Å². The van der Waals surface area contributed by atoms with E-state index in [1.165, 1.54) is 182 Å². The molecule has 3 aromatic heterocycles.